The maximum absolute atomic E-state index is 12.3. The lowest BCUT2D eigenvalue weighted by molar-refractivity contribution is -0.115. The van der Waals surface area contributed by atoms with Gasteiger partial charge in [0, 0.05) is 18.8 Å². The number of carbonyl (C=O) groups excluding carboxylic acids is 2. The molecular weight excluding hydrogens is 314 g/mol. The Morgan fingerprint density at radius 2 is 1.80 bits per heavy atom. The van der Waals surface area contributed by atoms with Crippen molar-refractivity contribution in [2.75, 3.05) is 18.4 Å². The number of nitrogens with zero attached hydrogens (tertiary/aromatic N) is 1. The number of hydrogen-bond acceptors (Lipinski definition) is 2. The first kappa shape index (κ1) is 17.0. The molecule has 0 bridgehead atoms. The molecule has 5 heteroatoms. The zero-order valence-corrected chi connectivity index (χ0v) is 14.6. The average Bonchev–Trinajstić information content (AvgIpc) is 2.63. The molecule has 2 aromatic rings. The topological polar surface area (TPSA) is 61.4 Å². The molecule has 0 aliphatic carbocycles. The van der Waals surface area contributed by atoms with Crippen LogP contribution in [0.25, 0.3) is 0 Å². The maximum Gasteiger partial charge on any atom is 0.318 e. The molecule has 3 rings (SSSR count). The molecular formula is C20H23N3O2. The fourth-order valence-corrected chi connectivity index (χ4v) is 3.02. The van der Waals surface area contributed by atoms with E-state index in [1.807, 2.05) is 50.2 Å². The van der Waals surface area contributed by atoms with Gasteiger partial charge in [-0.1, -0.05) is 36.4 Å². The van der Waals surface area contributed by atoms with Crippen LogP contribution < -0.4 is 10.6 Å². The third-order valence-electron chi connectivity index (χ3n) is 4.70. The zero-order chi connectivity index (χ0) is 17.8. The lowest BCUT2D eigenvalue weighted by Crippen LogP contribution is -2.45. The number of anilines is 1. The molecule has 1 heterocycles. The minimum atomic E-state index is -0.223. The van der Waals surface area contributed by atoms with E-state index in [0.29, 0.717) is 13.1 Å². The summed E-state index contributed by atoms with van der Waals surface area (Å²) in [6, 6.07) is 13.7. The summed E-state index contributed by atoms with van der Waals surface area (Å²) in [5.74, 6) is -0.223. The van der Waals surface area contributed by atoms with Crippen molar-refractivity contribution < 1.29 is 9.59 Å². The van der Waals surface area contributed by atoms with E-state index in [1.54, 1.807) is 4.90 Å². The van der Waals surface area contributed by atoms with Crippen LogP contribution in [0.4, 0.5) is 10.5 Å². The Labute approximate surface area is 148 Å². The normalized spacial score (nSPS) is 13.1. The first-order valence-electron chi connectivity index (χ1n) is 8.50. The summed E-state index contributed by atoms with van der Waals surface area (Å²) in [6.07, 6.45) is 0.846. The van der Waals surface area contributed by atoms with E-state index >= 15 is 0 Å². The quantitative estimate of drug-likeness (QED) is 0.904. The van der Waals surface area contributed by atoms with E-state index in [9.17, 15) is 9.59 Å². The predicted molar refractivity (Wildman–Crippen MR) is 98.5 cm³/mol. The fourth-order valence-electron chi connectivity index (χ4n) is 3.02. The summed E-state index contributed by atoms with van der Waals surface area (Å²) in [6.45, 7) is 5.18. The molecule has 5 nitrogen and oxygen atoms in total. The largest absolute Gasteiger partial charge is 0.329 e. The molecule has 2 aromatic carbocycles. The summed E-state index contributed by atoms with van der Waals surface area (Å²) in [7, 11) is 0. The van der Waals surface area contributed by atoms with Crippen molar-refractivity contribution in [2.45, 2.75) is 26.8 Å². The van der Waals surface area contributed by atoms with Crippen LogP contribution in [-0.4, -0.2) is 29.9 Å². The van der Waals surface area contributed by atoms with Gasteiger partial charge in [0.2, 0.25) is 5.91 Å². The second-order valence-electron chi connectivity index (χ2n) is 6.39. The van der Waals surface area contributed by atoms with E-state index < -0.39 is 0 Å². The number of amides is 3. The highest BCUT2D eigenvalue weighted by atomic mass is 16.2. The summed E-state index contributed by atoms with van der Waals surface area (Å²) >= 11 is 0. The van der Waals surface area contributed by atoms with Crippen molar-refractivity contribution in [3.05, 3.63) is 64.7 Å². The summed E-state index contributed by atoms with van der Waals surface area (Å²) in [5, 5.41) is 5.57. The number of benzene rings is 2. The predicted octanol–water partition coefficient (Wildman–Crippen LogP) is 3.01. The second kappa shape index (κ2) is 7.38. The zero-order valence-electron chi connectivity index (χ0n) is 14.6. The molecule has 0 aromatic heterocycles. The lowest BCUT2D eigenvalue weighted by Gasteiger charge is -2.28. The molecule has 130 valence electrons. The van der Waals surface area contributed by atoms with E-state index in [4.69, 9.17) is 0 Å². The number of rotatable bonds is 3. The number of aryl methyl sites for hydroxylation is 1. The van der Waals surface area contributed by atoms with Gasteiger partial charge in [0.15, 0.2) is 0 Å². The second-order valence-corrected chi connectivity index (χ2v) is 6.39. The first-order chi connectivity index (χ1) is 12.0. The SMILES string of the molecule is Cc1cccc(NC(=O)CNC(=O)N2CCc3ccccc3C2)c1C. The van der Waals surface area contributed by atoms with Gasteiger partial charge in [-0.2, -0.15) is 0 Å². The molecule has 0 saturated carbocycles. The van der Waals surface area contributed by atoms with Crippen LogP contribution in [0.15, 0.2) is 42.5 Å². The first-order valence-corrected chi connectivity index (χ1v) is 8.50. The van der Waals surface area contributed by atoms with Crippen molar-refractivity contribution in [2.24, 2.45) is 0 Å². The van der Waals surface area contributed by atoms with Crippen LogP contribution >= 0.6 is 0 Å². The van der Waals surface area contributed by atoms with Gasteiger partial charge in [-0.05, 0) is 48.6 Å². The molecule has 0 atom stereocenters. The van der Waals surface area contributed by atoms with E-state index in [0.717, 1.165) is 23.2 Å². The minimum Gasteiger partial charge on any atom is -0.329 e. The third kappa shape index (κ3) is 3.99. The van der Waals surface area contributed by atoms with Crippen molar-refractivity contribution in [3.63, 3.8) is 0 Å². The highest BCUT2D eigenvalue weighted by molar-refractivity contribution is 5.95. The van der Waals surface area contributed by atoms with Crippen LogP contribution in [0.3, 0.4) is 0 Å². The van der Waals surface area contributed by atoms with Gasteiger partial charge in [0.25, 0.3) is 0 Å². The van der Waals surface area contributed by atoms with Crippen LogP contribution in [0.2, 0.25) is 0 Å². The Hall–Kier alpha value is -2.82. The van der Waals surface area contributed by atoms with E-state index in [1.165, 1.54) is 11.1 Å². The molecule has 25 heavy (non-hydrogen) atoms. The number of carbonyl (C=O) groups is 2. The van der Waals surface area contributed by atoms with Crippen molar-refractivity contribution in [3.8, 4) is 0 Å². The van der Waals surface area contributed by atoms with Crippen LogP contribution in [0.5, 0.6) is 0 Å². The highest BCUT2D eigenvalue weighted by Crippen LogP contribution is 2.19. The van der Waals surface area contributed by atoms with Gasteiger partial charge in [-0.3, -0.25) is 4.79 Å². The molecule has 0 spiro atoms. The van der Waals surface area contributed by atoms with Gasteiger partial charge in [-0.25, -0.2) is 4.79 Å². The molecule has 1 aliphatic rings. The Balaban J connectivity index is 1.52. The van der Waals surface area contributed by atoms with Crippen molar-refractivity contribution >= 4 is 17.6 Å². The van der Waals surface area contributed by atoms with Crippen LogP contribution in [-0.2, 0) is 17.8 Å². The Kier molecular flexibility index (Phi) is 5.03. The van der Waals surface area contributed by atoms with Gasteiger partial charge < -0.3 is 15.5 Å². The summed E-state index contributed by atoms with van der Waals surface area (Å²) in [5.41, 5.74) is 5.40. The van der Waals surface area contributed by atoms with Crippen molar-refractivity contribution in [1.29, 1.82) is 0 Å². The molecule has 0 fully saturated rings. The number of urea groups is 1. The Morgan fingerprint density at radius 1 is 1.04 bits per heavy atom. The molecule has 0 radical (unpaired) electrons. The smallest absolute Gasteiger partial charge is 0.318 e. The molecule has 0 unspecified atom stereocenters. The van der Waals surface area contributed by atoms with Gasteiger partial charge in [0.1, 0.15) is 0 Å². The van der Waals surface area contributed by atoms with E-state index in [-0.39, 0.29) is 18.5 Å². The lowest BCUT2D eigenvalue weighted by atomic mass is 10.0. The Bertz CT molecular complexity index is 801. The molecule has 2 N–H and O–H groups in total. The summed E-state index contributed by atoms with van der Waals surface area (Å²) < 4.78 is 0. The molecule has 0 saturated heterocycles. The van der Waals surface area contributed by atoms with Gasteiger partial charge in [0.05, 0.1) is 6.54 Å². The molecule has 3 amide bonds. The molecule has 1 aliphatic heterocycles. The average molecular weight is 337 g/mol. The van der Waals surface area contributed by atoms with Gasteiger partial charge >= 0.3 is 6.03 Å². The number of hydrogen-bond donors (Lipinski definition) is 2. The third-order valence-corrected chi connectivity index (χ3v) is 4.70. The Morgan fingerprint density at radius 3 is 2.60 bits per heavy atom. The summed E-state index contributed by atoms with van der Waals surface area (Å²) in [4.78, 5) is 26.2. The fraction of sp³-hybridized carbons (Fsp3) is 0.300. The standard InChI is InChI=1S/C20H23N3O2/c1-14-6-5-9-18(15(14)2)22-19(24)12-21-20(25)23-11-10-16-7-3-4-8-17(16)13-23/h3-9H,10-13H2,1-2H3,(H,21,25)(H,22,24). The van der Waals surface area contributed by atoms with Crippen LogP contribution in [0.1, 0.15) is 22.3 Å². The van der Waals surface area contributed by atoms with Gasteiger partial charge in [-0.15, -0.1) is 0 Å². The van der Waals surface area contributed by atoms with Crippen molar-refractivity contribution in [1.82, 2.24) is 10.2 Å². The maximum atomic E-state index is 12.3. The van der Waals surface area contributed by atoms with E-state index in [2.05, 4.69) is 16.7 Å². The number of nitrogens with one attached hydrogen (secondary N) is 2. The minimum absolute atomic E-state index is 0.0373. The number of fused-ring (bicyclic) bond motifs is 1. The van der Waals surface area contributed by atoms with Crippen LogP contribution in [0, 0.1) is 13.8 Å². The monoisotopic (exact) mass is 337 g/mol. The highest BCUT2D eigenvalue weighted by Gasteiger charge is 2.20.